The molecular weight excluding hydrogens is 671 g/mol. The second kappa shape index (κ2) is 11.9. The van der Waals surface area contributed by atoms with Crippen LogP contribution in [0.2, 0.25) is 0 Å². The van der Waals surface area contributed by atoms with E-state index in [0.717, 1.165) is 25.2 Å². The van der Waals surface area contributed by atoms with Gasteiger partial charge in [-0.25, -0.2) is 9.98 Å². The largest absolute Gasteiger partial charge is 0.327 e. The molecule has 11 rings (SSSR count). The summed E-state index contributed by atoms with van der Waals surface area (Å²) in [7, 11) is 0. The van der Waals surface area contributed by atoms with Crippen molar-refractivity contribution in [2.75, 3.05) is 0 Å². The van der Waals surface area contributed by atoms with E-state index in [-0.39, 0.29) is 23.5 Å². The van der Waals surface area contributed by atoms with Gasteiger partial charge in [0.15, 0.2) is 0 Å². The maximum absolute atomic E-state index is 5.44. The molecule has 3 nitrogen and oxygen atoms in total. The zero-order chi connectivity index (χ0) is 34.6. The van der Waals surface area contributed by atoms with Gasteiger partial charge in [-0.05, 0) is 77.2 Å². The Morgan fingerprint density at radius 2 is 1.71 bits per heavy atom. The Morgan fingerprint density at radius 1 is 0.865 bits per heavy atom. The summed E-state index contributed by atoms with van der Waals surface area (Å²) in [5, 5.41) is 3.28. The van der Waals surface area contributed by atoms with E-state index in [1.807, 2.05) is 11.3 Å². The third kappa shape index (κ3) is 4.71. The molecular formula is C47H43N3S2. The molecule has 8 aliphatic rings. The fourth-order valence-electron chi connectivity index (χ4n) is 10.5. The van der Waals surface area contributed by atoms with Crippen LogP contribution in [0.1, 0.15) is 45.1 Å². The van der Waals surface area contributed by atoms with Crippen LogP contribution >= 0.6 is 23.1 Å². The average Bonchev–Trinajstić information content (AvgIpc) is 3.95. The molecule has 9 unspecified atom stereocenters. The van der Waals surface area contributed by atoms with Gasteiger partial charge in [-0.1, -0.05) is 128 Å². The van der Waals surface area contributed by atoms with E-state index >= 15 is 0 Å². The standard InChI is InChI=1S/C47H43N3S2/c1-28-43(29-23-25-47(2,26-24-29)38-17-10-16-36-34-13-5-8-20-42(34)52-45(36)38)49-46(48-28)50-39-18-6-3-11-32(39)37-27-30(21-22-40(37)50)31-14-9-15-35-33-12-4-7-19-41(33)51-44(31)35/h3-16,18-23,27-28,32,34,37-40,42H,17,24-26H2,1-2H3. The van der Waals surface area contributed by atoms with Gasteiger partial charge in [-0.2, -0.15) is 0 Å². The summed E-state index contributed by atoms with van der Waals surface area (Å²) in [6, 6.07) is 16.2. The smallest absolute Gasteiger partial charge is 0.222 e. The molecule has 0 spiro atoms. The van der Waals surface area contributed by atoms with Gasteiger partial charge in [-0.3, -0.25) is 0 Å². The van der Waals surface area contributed by atoms with Gasteiger partial charge in [0.1, 0.15) is 0 Å². The van der Waals surface area contributed by atoms with Crippen molar-refractivity contribution >= 4 is 60.5 Å². The van der Waals surface area contributed by atoms with E-state index in [1.165, 1.54) is 49.0 Å². The molecule has 0 amide bonds. The summed E-state index contributed by atoms with van der Waals surface area (Å²) >= 11 is 4.06. The predicted octanol–water partition coefficient (Wildman–Crippen LogP) is 11.4. The number of fused-ring (bicyclic) bond motifs is 8. The number of hydrogen-bond donors (Lipinski definition) is 0. The van der Waals surface area contributed by atoms with Crippen LogP contribution in [-0.4, -0.2) is 39.9 Å². The first-order valence-corrected chi connectivity index (χ1v) is 21.0. The average molecular weight is 714 g/mol. The molecule has 258 valence electrons. The highest BCUT2D eigenvalue weighted by molar-refractivity contribution is 8.04. The summed E-state index contributed by atoms with van der Waals surface area (Å²) in [4.78, 5) is 15.0. The minimum atomic E-state index is 0.0782. The van der Waals surface area contributed by atoms with E-state index in [4.69, 9.17) is 9.98 Å². The van der Waals surface area contributed by atoms with Crippen molar-refractivity contribution in [2.24, 2.45) is 39.1 Å². The lowest BCUT2D eigenvalue weighted by molar-refractivity contribution is 0.199. The second-order valence-electron chi connectivity index (χ2n) is 16.2. The number of allylic oxidation sites excluding steroid dienone is 12. The van der Waals surface area contributed by atoms with Gasteiger partial charge in [0.25, 0.3) is 0 Å². The second-order valence-corrected chi connectivity index (χ2v) is 18.4. The first kappa shape index (κ1) is 31.3. The molecule has 1 saturated heterocycles. The summed E-state index contributed by atoms with van der Waals surface area (Å²) in [5.74, 6) is 2.81. The number of thiophene rings is 1. The number of thioether (sulfide) groups is 1. The molecule has 0 radical (unpaired) electrons. The highest BCUT2D eigenvalue weighted by Gasteiger charge is 2.49. The van der Waals surface area contributed by atoms with Crippen molar-refractivity contribution in [2.45, 2.75) is 62.9 Å². The van der Waals surface area contributed by atoms with E-state index in [1.54, 1.807) is 10.5 Å². The SMILES string of the molecule is CC1N=C(N2C3C=CC=CC3C3C=C(c4cccc5c4sc4ccccc45)C=CC32)N=C1C1=CCC(C)(C2CC=CC3=C2SC2C=CC=CC32)CC1. The lowest BCUT2D eigenvalue weighted by Crippen LogP contribution is -2.40. The third-order valence-electron chi connectivity index (χ3n) is 13.3. The fourth-order valence-corrected chi connectivity index (χ4v) is 13.5. The summed E-state index contributed by atoms with van der Waals surface area (Å²) < 4.78 is 2.74. The number of likely N-dealkylation sites (tertiary alicyclic amines) is 1. The molecule has 1 fully saturated rings. The molecule has 0 bridgehead atoms. The summed E-state index contributed by atoms with van der Waals surface area (Å²) in [5.41, 5.74) is 7.15. The van der Waals surface area contributed by atoms with Crippen molar-refractivity contribution in [3.8, 4) is 0 Å². The molecule has 3 aliphatic heterocycles. The van der Waals surface area contributed by atoms with Crippen molar-refractivity contribution in [3.63, 3.8) is 0 Å². The van der Waals surface area contributed by atoms with Crippen LogP contribution in [0.25, 0.3) is 25.7 Å². The quantitative estimate of drug-likeness (QED) is 0.270. The number of rotatable bonds is 3. The van der Waals surface area contributed by atoms with Gasteiger partial charge in [-0.15, -0.1) is 23.1 Å². The van der Waals surface area contributed by atoms with Gasteiger partial charge in [0, 0.05) is 43.2 Å². The number of guanidine groups is 1. The van der Waals surface area contributed by atoms with E-state index < -0.39 is 0 Å². The van der Waals surface area contributed by atoms with Gasteiger partial charge >= 0.3 is 0 Å². The van der Waals surface area contributed by atoms with E-state index in [0.29, 0.717) is 28.9 Å². The predicted molar refractivity (Wildman–Crippen MR) is 223 cm³/mol. The minimum absolute atomic E-state index is 0.0782. The Labute approximate surface area is 315 Å². The molecule has 5 heteroatoms. The van der Waals surface area contributed by atoms with Crippen molar-refractivity contribution in [1.82, 2.24) is 4.90 Å². The van der Waals surface area contributed by atoms with Crippen LogP contribution in [0.3, 0.4) is 0 Å². The molecule has 5 aliphatic carbocycles. The Morgan fingerprint density at radius 3 is 2.63 bits per heavy atom. The zero-order valence-electron chi connectivity index (χ0n) is 29.7. The Balaban J connectivity index is 0.872. The number of benzene rings is 2. The molecule has 0 saturated carbocycles. The zero-order valence-corrected chi connectivity index (χ0v) is 31.4. The maximum atomic E-state index is 5.44. The lowest BCUT2D eigenvalue weighted by atomic mass is 9.64. The Bertz CT molecular complexity index is 2390. The molecule has 4 heterocycles. The Kier molecular flexibility index (Phi) is 7.18. The third-order valence-corrected chi connectivity index (χ3v) is 16.0. The van der Waals surface area contributed by atoms with Crippen molar-refractivity contribution < 1.29 is 0 Å². The van der Waals surface area contributed by atoms with E-state index in [9.17, 15) is 0 Å². The van der Waals surface area contributed by atoms with Crippen LogP contribution in [0.4, 0.5) is 0 Å². The van der Waals surface area contributed by atoms with Crippen LogP contribution < -0.4 is 0 Å². The molecule has 9 atom stereocenters. The normalized spacial score (nSPS) is 35.5. The monoisotopic (exact) mass is 713 g/mol. The van der Waals surface area contributed by atoms with Gasteiger partial charge in [0.05, 0.1) is 23.8 Å². The topological polar surface area (TPSA) is 28.0 Å². The Hall–Kier alpha value is -4.19. The van der Waals surface area contributed by atoms with Crippen LogP contribution in [0, 0.1) is 29.1 Å². The first-order chi connectivity index (χ1) is 25.5. The maximum Gasteiger partial charge on any atom is 0.222 e. The molecule has 52 heavy (non-hydrogen) atoms. The number of aliphatic imine (C=N–C) groups is 2. The first-order valence-electron chi connectivity index (χ1n) is 19.3. The van der Waals surface area contributed by atoms with Crippen LogP contribution in [0.15, 0.2) is 154 Å². The van der Waals surface area contributed by atoms with Crippen LogP contribution in [-0.2, 0) is 0 Å². The highest BCUT2D eigenvalue weighted by Crippen LogP contribution is 2.58. The molecule has 1 aromatic heterocycles. The van der Waals surface area contributed by atoms with Crippen molar-refractivity contribution in [1.29, 1.82) is 0 Å². The molecule has 3 aromatic rings. The van der Waals surface area contributed by atoms with Crippen LogP contribution in [0.5, 0.6) is 0 Å². The van der Waals surface area contributed by atoms with E-state index in [2.05, 4.69) is 158 Å². The minimum Gasteiger partial charge on any atom is -0.327 e. The van der Waals surface area contributed by atoms with Gasteiger partial charge < -0.3 is 4.90 Å². The molecule has 2 aromatic carbocycles. The highest BCUT2D eigenvalue weighted by atomic mass is 32.2. The fraction of sp³-hybridized carbons (Fsp3) is 0.319. The van der Waals surface area contributed by atoms with Gasteiger partial charge in [0.2, 0.25) is 5.96 Å². The molecule has 0 N–H and O–H groups in total. The number of nitrogens with zero attached hydrogens (tertiary/aromatic N) is 3. The lowest BCUT2D eigenvalue weighted by Gasteiger charge is -2.42. The summed E-state index contributed by atoms with van der Waals surface area (Å²) in [6.07, 6.45) is 37.9. The number of hydrogen-bond acceptors (Lipinski definition) is 5. The summed E-state index contributed by atoms with van der Waals surface area (Å²) in [6.45, 7) is 4.81. The van der Waals surface area contributed by atoms with Crippen molar-refractivity contribution in [3.05, 3.63) is 149 Å².